The topological polar surface area (TPSA) is 3.24 Å². The predicted octanol–water partition coefficient (Wildman–Crippen LogP) is 15.7. The third-order valence-corrected chi connectivity index (χ3v) is 15.4. The normalized spacial score (nSPS) is 19.5. The molecule has 0 saturated carbocycles. The summed E-state index contributed by atoms with van der Waals surface area (Å²) in [6.07, 6.45) is 7.88. The van der Waals surface area contributed by atoms with Crippen molar-refractivity contribution in [3.63, 3.8) is 0 Å². The fourth-order valence-corrected chi connectivity index (χ4v) is 12.2. The third-order valence-electron chi connectivity index (χ3n) is 15.4. The van der Waals surface area contributed by atoms with Crippen LogP contribution in [0.5, 0.6) is 0 Å². The fraction of sp³-hybridized carbons (Fsp3) is 0.233. The van der Waals surface area contributed by atoms with E-state index in [0.717, 1.165) is 19.3 Å². The summed E-state index contributed by atoms with van der Waals surface area (Å²) in [4.78, 5) is 2.57. The first kappa shape index (κ1) is 37.8. The van der Waals surface area contributed by atoms with Crippen LogP contribution >= 0.6 is 0 Å². The second kappa shape index (κ2) is 13.4. The van der Waals surface area contributed by atoms with Gasteiger partial charge in [-0.05, 0) is 122 Å². The summed E-state index contributed by atoms with van der Waals surface area (Å²) in [5.74, 6) is 0. The molecule has 61 heavy (non-hydrogen) atoms. The van der Waals surface area contributed by atoms with E-state index >= 15 is 0 Å². The molecule has 0 aromatic heterocycles. The van der Waals surface area contributed by atoms with Gasteiger partial charge in [-0.2, -0.15) is 0 Å². The van der Waals surface area contributed by atoms with Gasteiger partial charge in [-0.25, -0.2) is 0 Å². The van der Waals surface area contributed by atoms with E-state index < -0.39 is 0 Å². The van der Waals surface area contributed by atoms with Crippen LogP contribution in [0.25, 0.3) is 27.8 Å². The minimum Gasteiger partial charge on any atom is -0.310 e. The Morgan fingerprint density at radius 2 is 0.869 bits per heavy atom. The maximum absolute atomic E-state index is 2.57. The number of hydrogen-bond acceptors (Lipinski definition) is 1. The quantitative estimate of drug-likeness (QED) is 0.168. The van der Waals surface area contributed by atoms with Gasteiger partial charge >= 0.3 is 0 Å². The summed E-state index contributed by atoms with van der Waals surface area (Å²) in [7, 11) is 0. The van der Waals surface area contributed by atoms with E-state index in [1.807, 2.05) is 0 Å². The van der Waals surface area contributed by atoms with Crippen LogP contribution in [0.4, 0.5) is 17.1 Å². The summed E-state index contributed by atoms with van der Waals surface area (Å²) < 4.78 is 0. The monoisotopic (exact) mass is 789 g/mol. The number of fused-ring (bicyclic) bond motifs is 8. The standard InChI is InChI=1S/C60H55N/c1-57(2)48-25-13-8-20-39(48)38-60(7,53-30-18-17-29-52(53)57)51-28-16-11-23-44(51)47-24-12-19-31-56(47)61(40-32-34-45-42-21-9-14-26-49(42)58(3,4)54(45)36-40)41-33-35-46-43-22-10-15-27-50(43)59(5,6)55(46)37-41/h8-15,17-27,29-37H,16,28,38H2,1-7H3. The van der Waals surface area contributed by atoms with Gasteiger partial charge in [0.2, 0.25) is 0 Å². The zero-order valence-corrected chi connectivity index (χ0v) is 36.7. The molecule has 1 unspecified atom stereocenters. The molecule has 1 heteroatoms. The first-order valence-electron chi connectivity index (χ1n) is 22.4. The molecule has 300 valence electrons. The molecule has 0 aliphatic heterocycles. The van der Waals surface area contributed by atoms with Crippen molar-refractivity contribution in [2.45, 2.75) is 89.4 Å². The van der Waals surface area contributed by atoms with Crippen molar-refractivity contribution < 1.29 is 0 Å². The number of para-hydroxylation sites is 1. The van der Waals surface area contributed by atoms with Crippen LogP contribution < -0.4 is 4.90 Å². The van der Waals surface area contributed by atoms with Gasteiger partial charge in [0, 0.05) is 38.6 Å². The van der Waals surface area contributed by atoms with Gasteiger partial charge in [0.25, 0.3) is 0 Å². The van der Waals surface area contributed by atoms with Gasteiger partial charge in [-0.1, -0.05) is 194 Å². The number of benzene rings is 7. The largest absolute Gasteiger partial charge is 0.310 e. The van der Waals surface area contributed by atoms with E-state index in [2.05, 4.69) is 223 Å². The van der Waals surface area contributed by atoms with Gasteiger partial charge in [0.15, 0.2) is 0 Å². The minimum absolute atomic E-state index is 0.118. The van der Waals surface area contributed by atoms with Crippen molar-refractivity contribution in [2.24, 2.45) is 0 Å². The number of anilines is 3. The van der Waals surface area contributed by atoms with Gasteiger partial charge in [0.05, 0.1) is 5.69 Å². The summed E-state index contributed by atoms with van der Waals surface area (Å²) in [6.45, 7) is 17.0. The fourth-order valence-electron chi connectivity index (χ4n) is 12.2. The van der Waals surface area contributed by atoms with E-state index in [4.69, 9.17) is 0 Å². The molecule has 0 saturated heterocycles. The molecule has 0 spiro atoms. The van der Waals surface area contributed by atoms with Crippen LogP contribution in [0.1, 0.15) is 111 Å². The average Bonchev–Trinajstić information content (AvgIpc) is 3.62. The highest BCUT2D eigenvalue weighted by Gasteiger charge is 2.44. The molecule has 0 fully saturated rings. The highest BCUT2D eigenvalue weighted by atomic mass is 15.1. The van der Waals surface area contributed by atoms with Crippen LogP contribution in [0.15, 0.2) is 175 Å². The molecule has 11 rings (SSSR count). The molecular formula is C60H55N. The molecule has 1 atom stereocenters. The Hall–Kier alpha value is -6.18. The third kappa shape index (κ3) is 5.45. The molecule has 7 aromatic carbocycles. The zero-order chi connectivity index (χ0) is 41.9. The van der Waals surface area contributed by atoms with Crippen LogP contribution in [-0.2, 0) is 28.1 Å². The van der Waals surface area contributed by atoms with Crippen molar-refractivity contribution in [1.29, 1.82) is 0 Å². The first-order chi connectivity index (χ1) is 29.4. The number of nitrogens with zero attached hydrogens (tertiary/aromatic N) is 1. The maximum atomic E-state index is 2.57. The van der Waals surface area contributed by atoms with E-state index in [1.54, 1.807) is 0 Å². The van der Waals surface area contributed by atoms with Crippen LogP contribution in [-0.4, -0.2) is 0 Å². The molecule has 0 heterocycles. The second-order valence-corrected chi connectivity index (χ2v) is 19.8. The smallest absolute Gasteiger partial charge is 0.0540 e. The van der Waals surface area contributed by atoms with Crippen LogP contribution in [0.2, 0.25) is 0 Å². The lowest BCUT2D eigenvalue weighted by atomic mass is 9.66. The Kier molecular flexibility index (Phi) is 8.31. The lowest BCUT2D eigenvalue weighted by Gasteiger charge is -2.38. The molecule has 0 bridgehead atoms. The van der Waals surface area contributed by atoms with Gasteiger partial charge in [0.1, 0.15) is 0 Å². The SMILES string of the molecule is CC1(C2=C(c3ccccc3N(c3ccc4c(c3)C(C)(C)c3ccccc3-4)c3ccc4c(c3)C(C)(C)c3ccccc3-4)C=CCC2)Cc2ccccc2C(C)(C)c2ccccc21. The highest BCUT2D eigenvalue weighted by molar-refractivity contribution is 5.94. The predicted molar refractivity (Wildman–Crippen MR) is 258 cm³/mol. The lowest BCUT2D eigenvalue weighted by Crippen LogP contribution is -2.30. The second-order valence-electron chi connectivity index (χ2n) is 19.8. The molecule has 7 aromatic rings. The average molecular weight is 790 g/mol. The molecule has 0 radical (unpaired) electrons. The Labute approximate surface area is 363 Å². The lowest BCUT2D eigenvalue weighted by molar-refractivity contribution is 0.530. The summed E-state index contributed by atoms with van der Waals surface area (Å²) >= 11 is 0. The Morgan fingerprint density at radius 3 is 1.48 bits per heavy atom. The van der Waals surface area contributed by atoms with Gasteiger partial charge in [-0.15, -0.1) is 0 Å². The minimum atomic E-state index is -0.217. The Bertz CT molecular complexity index is 2890. The van der Waals surface area contributed by atoms with Crippen molar-refractivity contribution in [2.75, 3.05) is 4.90 Å². The van der Waals surface area contributed by atoms with Crippen molar-refractivity contribution in [3.8, 4) is 22.3 Å². The van der Waals surface area contributed by atoms with Crippen molar-refractivity contribution in [1.82, 2.24) is 0 Å². The Balaban J connectivity index is 1.15. The first-order valence-corrected chi connectivity index (χ1v) is 22.4. The molecule has 1 nitrogen and oxygen atoms in total. The zero-order valence-electron chi connectivity index (χ0n) is 36.7. The molecule has 0 amide bonds. The summed E-state index contributed by atoms with van der Waals surface area (Å²) in [5, 5.41) is 0. The van der Waals surface area contributed by atoms with Gasteiger partial charge < -0.3 is 4.90 Å². The molecule has 4 aliphatic carbocycles. The van der Waals surface area contributed by atoms with E-state index in [9.17, 15) is 0 Å². The van der Waals surface area contributed by atoms with E-state index in [1.165, 1.54) is 101 Å². The molecule has 4 aliphatic rings. The van der Waals surface area contributed by atoms with E-state index in [0.29, 0.717) is 0 Å². The Morgan fingerprint density at radius 1 is 0.410 bits per heavy atom. The van der Waals surface area contributed by atoms with Crippen molar-refractivity contribution in [3.05, 3.63) is 226 Å². The van der Waals surface area contributed by atoms with Crippen molar-refractivity contribution >= 4 is 22.6 Å². The maximum Gasteiger partial charge on any atom is 0.0540 e. The molecular weight excluding hydrogens is 735 g/mol. The number of rotatable bonds is 5. The van der Waals surface area contributed by atoms with E-state index in [-0.39, 0.29) is 21.7 Å². The molecule has 0 N–H and O–H groups in total. The number of allylic oxidation sites excluding steroid dienone is 4. The van der Waals surface area contributed by atoms with Crippen LogP contribution in [0, 0.1) is 0 Å². The van der Waals surface area contributed by atoms with Crippen LogP contribution in [0.3, 0.4) is 0 Å². The van der Waals surface area contributed by atoms with Gasteiger partial charge in [-0.3, -0.25) is 0 Å². The highest BCUT2D eigenvalue weighted by Crippen LogP contribution is 2.56. The summed E-state index contributed by atoms with van der Waals surface area (Å²) in [6, 6.07) is 60.2. The number of hydrogen-bond donors (Lipinski definition) is 0. The summed E-state index contributed by atoms with van der Waals surface area (Å²) in [5.41, 5.74) is 23.8.